The average Bonchev–Trinajstić information content (AvgIpc) is 1.71. The summed E-state index contributed by atoms with van der Waals surface area (Å²) in [5.41, 5.74) is 22.9. The van der Waals surface area contributed by atoms with Gasteiger partial charge in [0.25, 0.3) is 0 Å². The summed E-state index contributed by atoms with van der Waals surface area (Å²) in [5.74, 6) is -29.5. The van der Waals surface area contributed by atoms with Crippen LogP contribution >= 0.6 is 0 Å². The smallest absolute Gasteiger partial charge is 0.326 e. The number of aliphatic hydroxyl groups is 6. The van der Waals surface area contributed by atoms with Crippen molar-refractivity contribution in [3.63, 3.8) is 0 Å². The molecule has 1 fully saturated rings. The molecule has 57 nitrogen and oxygen atoms in total. The van der Waals surface area contributed by atoms with Crippen molar-refractivity contribution in [3.8, 4) is 0 Å². The fraction of sp³-hybridized carbons (Fsp3) is 0.609. The second-order valence-corrected chi connectivity index (χ2v) is 36.4. The lowest BCUT2D eigenvalue weighted by Crippen LogP contribution is -2.64. The van der Waals surface area contributed by atoms with Crippen LogP contribution in [-0.2, 0) is 123 Å². The number of guanidine groups is 1. The van der Waals surface area contributed by atoms with Crippen LogP contribution in [0.25, 0.3) is 0 Å². The number of carboxylic acid groups (broad SMARTS) is 2. The van der Waals surface area contributed by atoms with Crippen molar-refractivity contribution in [2.45, 2.75) is 280 Å². The van der Waals surface area contributed by atoms with Crippen LogP contribution in [0.2, 0.25) is 0 Å². The van der Waals surface area contributed by atoms with Gasteiger partial charge in [0.2, 0.25) is 124 Å². The molecule has 0 spiro atoms. The summed E-state index contributed by atoms with van der Waals surface area (Å²) in [5, 5.41) is 140. The van der Waals surface area contributed by atoms with Gasteiger partial charge in [-0.2, -0.15) is 0 Å². The number of benzene rings is 2. The molecule has 0 bridgehead atoms. The number of rotatable bonds is 69. The minimum Gasteiger partial charge on any atom is -0.481 e. The summed E-state index contributed by atoms with van der Waals surface area (Å²) in [7, 11) is 0. The number of amides is 21. The first-order valence-electron chi connectivity index (χ1n) is 48.3. The lowest BCUT2D eigenvalue weighted by Gasteiger charge is -2.31. The van der Waals surface area contributed by atoms with E-state index in [4.69, 9.17) is 28.3 Å². The Labute approximate surface area is 857 Å². The highest BCUT2D eigenvalue weighted by Gasteiger charge is 2.43. The molecule has 1 aliphatic rings. The third-order valence-corrected chi connectivity index (χ3v) is 23.1. The summed E-state index contributed by atoms with van der Waals surface area (Å²) in [4.78, 5) is 312. The number of hydrogen-bond donors (Lipinski definition) is 34. The predicted molar refractivity (Wildman–Crippen MR) is 525 cm³/mol. The number of nitrogens with two attached hydrogens (primary N) is 4. The number of aliphatic hydroxyl groups excluding tert-OH is 6. The van der Waals surface area contributed by atoms with E-state index in [2.05, 4.69) is 112 Å². The maximum atomic E-state index is 14.6. The summed E-state index contributed by atoms with van der Waals surface area (Å²) in [6.07, 6.45) is -8.03. The number of primary amides is 2. The van der Waals surface area contributed by atoms with Crippen molar-refractivity contribution in [3.05, 3.63) is 71.8 Å². The van der Waals surface area contributed by atoms with Crippen LogP contribution < -0.4 is 135 Å². The fourth-order valence-electron chi connectivity index (χ4n) is 14.7. The van der Waals surface area contributed by atoms with Crippen LogP contribution in [0.15, 0.2) is 60.7 Å². The number of carboxylic acids is 2. The zero-order valence-electron chi connectivity index (χ0n) is 84.3. The maximum absolute atomic E-state index is 14.6. The number of unbranched alkanes of at least 4 members (excludes halogenated alkanes) is 1. The van der Waals surface area contributed by atoms with Crippen LogP contribution in [0.3, 0.4) is 0 Å². The molecular formula is C92H146N26O31. The SMILES string of the molecule is CC[C@H](C)[C@H](NC(=O)[C@@H](NC(=O)[C@H](CC(C)C)NC(=O)[C@@H](NC(=O)[C@H](Cc1ccccc1)NC(=O)[C@H](CCC(N)=O)NC(=O)[C@@H](NC(=O)CNC(=O)[C@H](CO)NC(=O)CNC(=O)[C@H](CO)NC(=O)CNC(=O)[C@H](CCCCN)NC(=O)[C@H](Cc1ccccc1)NC(=O)[C@H](CCCNC(=N)N)NC(=O)[C@H](CO)NC(=O)[C@@H]1CCCN1)[C@@H](C)O)[C@@H](C)O)[C@@H](C)O)C(=O)N[C@@H](CC(N)=O)C(=O)N[C@@H](CC(=O)O)C(=O)N[C@H](C(=O)O)C(C)C. The van der Waals surface area contributed by atoms with E-state index in [1.54, 1.807) is 69.3 Å². The summed E-state index contributed by atoms with van der Waals surface area (Å²) in [6.45, 7) is 6.84. The van der Waals surface area contributed by atoms with E-state index in [1.807, 2.05) is 0 Å². The third-order valence-electron chi connectivity index (χ3n) is 23.1. The van der Waals surface area contributed by atoms with Gasteiger partial charge in [0.1, 0.15) is 96.7 Å². The number of hydrogen-bond acceptors (Lipinski definition) is 32. The van der Waals surface area contributed by atoms with Crippen molar-refractivity contribution in [2.75, 3.05) is 59.1 Å². The van der Waals surface area contributed by atoms with Crippen molar-refractivity contribution in [1.29, 1.82) is 5.41 Å². The van der Waals surface area contributed by atoms with Crippen LogP contribution in [-0.4, -0.2) is 363 Å². The molecule has 3 rings (SSSR count). The van der Waals surface area contributed by atoms with E-state index in [0.29, 0.717) is 36.9 Å². The molecule has 21 amide bonds. The van der Waals surface area contributed by atoms with Crippen molar-refractivity contribution < 1.29 is 151 Å². The van der Waals surface area contributed by atoms with Gasteiger partial charge in [-0.3, -0.25) is 111 Å². The number of carbonyl (C=O) groups excluding carboxylic acids is 21. The molecule has 0 aliphatic carbocycles. The molecule has 1 heterocycles. The van der Waals surface area contributed by atoms with Crippen LogP contribution in [0.1, 0.15) is 157 Å². The molecule has 21 atom stereocenters. The van der Waals surface area contributed by atoms with Crippen LogP contribution in [0, 0.1) is 23.2 Å². The standard InChI is InChI=1S/C92H146N26O31/c1-10-46(6)71(87(144)112-59(36-65(95)126)82(139)110-60(37-69(130)131)85(142)115-70(45(4)5)91(148)149)116-90(147)74(49(9)124)118-83(140)56(33-44(2)3)111-89(146)73(48(8)123)117-84(141)58(35-51-23-15-12-16-24-51)109-80(137)55(28-29-64(94)125)107-88(145)72(47(7)122)114-68(129)40-102-77(134)62(42-120)104-67(128)39-101-76(133)61(41-119)103-66(127)38-100-75(132)53(25-17-18-30-93)105-81(138)57(34-50-21-13-11-14-22-50)108-79(136)54(27-20-32-99-92(96)97)106-86(143)63(43-121)113-78(135)52-26-19-31-98-52/h11-16,21-24,44-49,52-63,70-74,98,119-124H,10,17-20,25-43,93H2,1-9H3,(H2,94,125)(H2,95,126)(H,100,132)(H,101,133)(H,102,134)(H,103,127)(H,104,128)(H,105,138)(H,106,143)(H,107,145)(H,108,136)(H,109,137)(H,110,139)(H,111,146)(H,112,144)(H,113,135)(H,114,129)(H,115,142)(H,116,147)(H,117,141)(H,118,140)(H,130,131)(H,148,149)(H4,96,97,99)/t46-,47+,48+,49+,52-,53-,54-,55-,56-,57-,58-,59-,60-,61-,62-,63-,70-,71-,72-,73-,74-/m0/s1. The second-order valence-electron chi connectivity index (χ2n) is 36.4. The van der Waals surface area contributed by atoms with E-state index in [1.165, 1.54) is 32.9 Å². The Kier molecular flexibility index (Phi) is 57.2. The largest absolute Gasteiger partial charge is 0.481 e. The molecule has 830 valence electrons. The van der Waals surface area contributed by atoms with Gasteiger partial charge >= 0.3 is 11.9 Å². The molecule has 149 heavy (non-hydrogen) atoms. The molecule has 2 aromatic rings. The first-order valence-corrected chi connectivity index (χ1v) is 48.3. The fourth-order valence-corrected chi connectivity index (χ4v) is 14.7. The lowest BCUT2D eigenvalue weighted by molar-refractivity contribution is -0.145. The molecule has 0 aromatic heterocycles. The summed E-state index contributed by atoms with van der Waals surface area (Å²) in [6, 6.07) is -12.8. The van der Waals surface area contributed by atoms with Crippen molar-refractivity contribution >= 4 is 142 Å². The summed E-state index contributed by atoms with van der Waals surface area (Å²) < 4.78 is 0. The van der Waals surface area contributed by atoms with Gasteiger partial charge in [-0.1, -0.05) is 109 Å². The number of carbonyl (C=O) groups is 23. The van der Waals surface area contributed by atoms with E-state index in [0.717, 1.165) is 20.8 Å². The lowest BCUT2D eigenvalue weighted by atomic mass is 9.96. The quantitative estimate of drug-likeness (QED) is 0.0166. The molecule has 0 unspecified atom stereocenters. The average molecular weight is 2110 g/mol. The van der Waals surface area contributed by atoms with Gasteiger partial charge in [0, 0.05) is 25.8 Å². The molecule has 0 saturated carbocycles. The second kappa shape index (κ2) is 66.4. The Morgan fingerprint density at radius 1 is 0.383 bits per heavy atom. The minimum atomic E-state index is -2.02. The van der Waals surface area contributed by atoms with Gasteiger partial charge in [0.05, 0.1) is 76.7 Å². The number of nitrogens with one attached hydrogen (secondary N) is 22. The van der Waals surface area contributed by atoms with Crippen molar-refractivity contribution in [2.24, 2.45) is 40.7 Å². The van der Waals surface area contributed by atoms with Gasteiger partial charge in [-0.05, 0) is 121 Å². The summed E-state index contributed by atoms with van der Waals surface area (Å²) >= 11 is 0. The minimum absolute atomic E-state index is 0.0583. The van der Waals surface area contributed by atoms with E-state index < -0.39 is 346 Å². The molecule has 1 aliphatic heterocycles. The van der Waals surface area contributed by atoms with E-state index in [-0.39, 0.29) is 64.0 Å². The Morgan fingerprint density at radius 3 is 1.16 bits per heavy atom. The highest BCUT2D eigenvalue weighted by molar-refractivity contribution is 6.03. The molecule has 38 N–H and O–H groups in total. The highest BCUT2D eigenvalue weighted by Crippen LogP contribution is 2.17. The van der Waals surface area contributed by atoms with E-state index in [9.17, 15) is 151 Å². The predicted octanol–water partition coefficient (Wildman–Crippen LogP) is -13.7. The number of aliphatic carboxylic acids is 2. The highest BCUT2D eigenvalue weighted by atomic mass is 16.4. The Bertz CT molecular complexity index is 4880. The molecule has 1 saturated heterocycles. The van der Waals surface area contributed by atoms with Crippen LogP contribution in [0.5, 0.6) is 0 Å². The zero-order valence-corrected chi connectivity index (χ0v) is 84.3. The normalized spacial score (nSPS) is 16.1. The molecule has 57 heteroatoms. The zero-order chi connectivity index (χ0) is 112. The Balaban J connectivity index is 1.76. The van der Waals surface area contributed by atoms with Crippen molar-refractivity contribution in [1.82, 2.24) is 112 Å². The first kappa shape index (κ1) is 128. The molecule has 2 aromatic carbocycles. The molecular weight excluding hydrogens is 1970 g/mol. The maximum Gasteiger partial charge on any atom is 0.326 e. The van der Waals surface area contributed by atoms with Gasteiger partial charge in [-0.25, -0.2) is 4.79 Å². The third kappa shape index (κ3) is 47.3. The van der Waals surface area contributed by atoms with Gasteiger partial charge in [0.15, 0.2) is 5.96 Å². The first-order chi connectivity index (χ1) is 70.2. The van der Waals surface area contributed by atoms with Crippen LogP contribution in [0.4, 0.5) is 0 Å². The Hall–Kier alpha value is -14.8. The topological polar surface area (TPSA) is 935 Å². The Morgan fingerprint density at radius 2 is 0.738 bits per heavy atom. The molecule has 0 radical (unpaired) electrons. The van der Waals surface area contributed by atoms with E-state index >= 15 is 0 Å². The van der Waals surface area contributed by atoms with Gasteiger partial charge < -0.3 is 175 Å². The van der Waals surface area contributed by atoms with Gasteiger partial charge in [-0.15, -0.1) is 0 Å². The monoisotopic (exact) mass is 2110 g/mol.